The van der Waals surface area contributed by atoms with Gasteiger partial charge in [-0.3, -0.25) is 9.36 Å². The third-order valence-corrected chi connectivity index (χ3v) is 6.76. The summed E-state index contributed by atoms with van der Waals surface area (Å²) in [5.41, 5.74) is 3.35. The van der Waals surface area contributed by atoms with Crippen LogP contribution in [0.25, 0.3) is 23.1 Å². The number of carbonyl (C=O) groups excluding carboxylic acids is 1. The Kier molecular flexibility index (Phi) is 6.31. The fourth-order valence-corrected chi connectivity index (χ4v) is 4.84. The summed E-state index contributed by atoms with van der Waals surface area (Å²) < 4.78 is 12.5. The van der Waals surface area contributed by atoms with Crippen LogP contribution in [0, 0.1) is 0 Å². The van der Waals surface area contributed by atoms with Gasteiger partial charge in [-0.05, 0) is 48.7 Å². The van der Waals surface area contributed by atoms with Gasteiger partial charge in [-0.25, -0.2) is 0 Å². The second-order valence-corrected chi connectivity index (χ2v) is 8.77. The number of amides is 1. The monoisotopic (exact) mass is 476 g/mol. The molecule has 1 aliphatic rings. The van der Waals surface area contributed by atoms with Crippen molar-refractivity contribution in [3.8, 4) is 28.9 Å². The molecule has 2 aromatic heterocycles. The summed E-state index contributed by atoms with van der Waals surface area (Å²) in [7, 11) is 1.62. The van der Waals surface area contributed by atoms with Crippen LogP contribution in [0.3, 0.4) is 0 Å². The summed E-state index contributed by atoms with van der Waals surface area (Å²) >= 11 is 1.37. The predicted molar refractivity (Wildman–Crippen MR) is 127 cm³/mol. The van der Waals surface area contributed by atoms with E-state index in [9.17, 15) is 4.79 Å². The van der Waals surface area contributed by atoms with Gasteiger partial charge < -0.3 is 14.2 Å². The summed E-state index contributed by atoms with van der Waals surface area (Å²) in [6.07, 6.45) is 0.884. The van der Waals surface area contributed by atoms with E-state index in [0.717, 1.165) is 24.3 Å². The second-order valence-electron chi connectivity index (χ2n) is 7.82. The molecule has 2 aromatic carbocycles. The van der Waals surface area contributed by atoms with Gasteiger partial charge in [0.15, 0.2) is 5.16 Å². The summed E-state index contributed by atoms with van der Waals surface area (Å²) in [4.78, 5) is 19.3. The van der Waals surface area contributed by atoms with Crippen molar-refractivity contribution in [3.05, 3.63) is 59.7 Å². The van der Waals surface area contributed by atoms with Crippen molar-refractivity contribution in [1.82, 2.24) is 29.8 Å². The molecule has 4 aromatic rings. The van der Waals surface area contributed by atoms with Crippen molar-refractivity contribution in [2.45, 2.75) is 31.6 Å². The molecule has 34 heavy (non-hydrogen) atoms. The first-order valence-electron chi connectivity index (χ1n) is 11.1. The Labute approximate surface area is 201 Å². The molecule has 0 radical (unpaired) electrons. The summed E-state index contributed by atoms with van der Waals surface area (Å²) in [5.74, 6) is 2.36. The average molecular weight is 477 g/mol. The largest absolute Gasteiger partial charge is 0.497 e. The van der Waals surface area contributed by atoms with Crippen molar-refractivity contribution in [2.24, 2.45) is 0 Å². The first-order chi connectivity index (χ1) is 16.7. The van der Waals surface area contributed by atoms with E-state index < -0.39 is 0 Å². The first kappa shape index (κ1) is 22.1. The molecule has 0 spiro atoms. The zero-order chi connectivity index (χ0) is 23.5. The molecule has 9 nitrogen and oxygen atoms in total. The van der Waals surface area contributed by atoms with Crippen molar-refractivity contribution >= 4 is 17.7 Å². The van der Waals surface area contributed by atoms with Crippen LogP contribution in [-0.2, 0) is 24.3 Å². The molecule has 0 aliphatic carbocycles. The number of methoxy groups -OCH3 is 1. The standard InChI is InChI=1S/C24H24N6O3S/c1-3-30-22(23-25-21(28-33-23)17-8-10-19(32-2)11-9-17)26-27-24(30)34-15-20(31)29-13-12-16-6-4-5-7-18(16)14-29/h4-11H,3,12-15H2,1-2H3. The van der Waals surface area contributed by atoms with Crippen molar-refractivity contribution in [3.63, 3.8) is 0 Å². The number of thioether (sulfide) groups is 1. The topological polar surface area (TPSA) is 99.2 Å². The third kappa shape index (κ3) is 4.41. The molecule has 0 bridgehead atoms. The fourth-order valence-electron chi connectivity index (χ4n) is 3.94. The second kappa shape index (κ2) is 9.68. The molecule has 5 rings (SSSR count). The molecule has 0 atom stereocenters. The number of fused-ring (bicyclic) bond motifs is 1. The zero-order valence-electron chi connectivity index (χ0n) is 19.0. The molecule has 0 saturated heterocycles. The minimum atomic E-state index is 0.0892. The predicted octanol–water partition coefficient (Wildman–Crippen LogP) is 3.70. The van der Waals surface area contributed by atoms with Crippen LogP contribution in [0.1, 0.15) is 18.1 Å². The number of hydrogen-bond donors (Lipinski definition) is 0. The molecular weight excluding hydrogens is 452 g/mol. The van der Waals surface area contributed by atoms with Crippen molar-refractivity contribution < 1.29 is 14.1 Å². The normalized spacial score (nSPS) is 13.1. The van der Waals surface area contributed by atoms with Gasteiger partial charge in [0.05, 0.1) is 12.9 Å². The van der Waals surface area contributed by atoms with Gasteiger partial charge in [0.1, 0.15) is 5.75 Å². The highest BCUT2D eigenvalue weighted by Crippen LogP contribution is 2.27. The average Bonchev–Trinajstić information content (AvgIpc) is 3.54. The van der Waals surface area contributed by atoms with Crippen LogP contribution in [0.4, 0.5) is 0 Å². The summed E-state index contributed by atoms with van der Waals surface area (Å²) in [5, 5.41) is 13.3. The molecule has 1 amide bonds. The third-order valence-electron chi connectivity index (χ3n) is 5.81. The molecule has 0 N–H and O–H groups in total. The van der Waals surface area contributed by atoms with E-state index in [-0.39, 0.29) is 11.8 Å². The Hall–Kier alpha value is -3.66. The van der Waals surface area contributed by atoms with Crippen molar-refractivity contribution in [2.75, 3.05) is 19.4 Å². The minimum Gasteiger partial charge on any atom is -0.497 e. The molecule has 3 heterocycles. The van der Waals surface area contributed by atoms with Gasteiger partial charge >= 0.3 is 0 Å². The van der Waals surface area contributed by atoms with E-state index >= 15 is 0 Å². The van der Waals surface area contributed by atoms with E-state index in [4.69, 9.17) is 9.26 Å². The van der Waals surface area contributed by atoms with Gasteiger partial charge in [0, 0.05) is 25.2 Å². The minimum absolute atomic E-state index is 0.0892. The quantitative estimate of drug-likeness (QED) is 0.372. The lowest BCUT2D eigenvalue weighted by Gasteiger charge is -2.28. The Balaban J connectivity index is 1.27. The van der Waals surface area contributed by atoms with Crippen LogP contribution in [0.2, 0.25) is 0 Å². The van der Waals surface area contributed by atoms with Gasteiger partial charge in [0.25, 0.3) is 5.89 Å². The van der Waals surface area contributed by atoms with Crippen LogP contribution < -0.4 is 4.74 Å². The summed E-state index contributed by atoms with van der Waals surface area (Å²) in [6.45, 7) is 3.98. The van der Waals surface area contributed by atoms with Crippen LogP contribution in [0.5, 0.6) is 5.75 Å². The maximum Gasteiger partial charge on any atom is 0.296 e. The van der Waals surface area contributed by atoms with Crippen LogP contribution in [-0.4, -0.2) is 55.1 Å². The smallest absolute Gasteiger partial charge is 0.296 e. The van der Waals surface area contributed by atoms with Crippen LogP contribution >= 0.6 is 11.8 Å². The summed E-state index contributed by atoms with van der Waals surface area (Å²) in [6, 6.07) is 15.7. The lowest BCUT2D eigenvalue weighted by Crippen LogP contribution is -2.37. The van der Waals surface area contributed by atoms with E-state index in [2.05, 4.69) is 32.5 Å². The highest BCUT2D eigenvalue weighted by molar-refractivity contribution is 7.99. The molecular formula is C24H24N6O3S. The highest BCUT2D eigenvalue weighted by Gasteiger charge is 2.23. The van der Waals surface area contributed by atoms with Gasteiger partial charge in [0.2, 0.25) is 17.6 Å². The van der Waals surface area contributed by atoms with Gasteiger partial charge in [-0.1, -0.05) is 41.2 Å². The van der Waals surface area contributed by atoms with Crippen LogP contribution in [0.15, 0.2) is 58.2 Å². The van der Waals surface area contributed by atoms with E-state index in [1.165, 1.54) is 22.9 Å². The number of nitrogens with zero attached hydrogens (tertiary/aromatic N) is 6. The number of ether oxygens (including phenoxy) is 1. The molecule has 10 heteroatoms. The number of hydrogen-bond acceptors (Lipinski definition) is 8. The maximum atomic E-state index is 12.9. The lowest BCUT2D eigenvalue weighted by atomic mass is 10.00. The van der Waals surface area contributed by atoms with Gasteiger partial charge in [-0.15, -0.1) is 10.2 Å². The van der Waals surface area contributed by atoms with E-state index in [1.54, 1.807) is 7.11 Å². The number of aromatic nitrogens is 5. The Bertz CT molecular complexity index is 1300. The Morgan fingerprint density at radius 3 is 2.68 bits per heavy atom. The van der Waals surface area contributed by atoms with Crippen molar-refractivity contribution in [1.29, 1.82) is 0 Å². The molecule has 0 saturated carbocycles. The Morgan fingerprint density at radius 2 is 1.91 bits per heavy atom. The number of benzene rings is 2. The maximum absolute atomic E-state index is 12.9. The molecule has 1 aliphatic heterocycles. The van der Waals surface area contributed by atoms with Gasteiger partial charge in [-0.2, -0.15) is 4.98 Å². The SMILES string of the molecule is CCn1c(SCC(=O)N2CCc3ccccc3C2)nnc1-c1nc(-c2ccc(OC)cc2)no1. The first-order valence-corrected chi connectivity index (χ1v) is 12.0. The number of rotatable bonds is 7. The molecule has 174 valence electrons. The zero-order valence-corrected chi connectivity index (χ0v) is 19.8. The van der Waals surface area contributed by atoms with E-state index in [0.29, 0.717) is 35.6 Å². The molecule has 0 unspecified atom stereocenters. The fraction of sp³-hybridized carbons (Fsp3) is 0.292. The molecule has 0 fully saturated rings. The lowest BCUT2D eigenvalue weighted by molar-refractivity contribution is -0.129. The van der Waals surface area contributed by atoms with E-state index in [1.807, 2.05) is 52.8 Å². The highest BCUT2D eigenvalue weighted by atomic mass is 32.2. The number of carbonyl (C=O) groups is 1. The Morgan fingerprint density at radius 1 is 1.12 bits per heavy atom.